The van der Waals surface area contributed by atoms with E-state index < -0.39 is 10.8 Å². The first-order valence-electron chi connectivity index (χ1n) is 14.8. The number of pyridine rings is 1. The molecule has 4 heterocycles. The molecular weight excluding hydrogens is 640 g/mol. The molecule has 9 nitrogen and oxygen atoms in total. The van der Waals surface area contributed by atoms with Crippen molar-refractivity contribution >= 4 is 56.4 Å². The molecule has 44 heavy (non-hydrogen) atoms. The molecule has 2 fully saturated rings. The number of hydrogen-bond donors (Lipinski definition) is 2. The number of aromatic nitrogens is 2. The molecule has 0 saturated carbocycles. The number of fused-ring (bicyclic) bond motifs is 1. The van der Waals surface area contributed by atoms with Crippen LogP contribution in [0.2, 0.25) is 0 Å². The van der Waals surface area contributed by atoms with Crippen LogP contribution in [0.1, 0.15) is 36.1 Å². The number of piperazine rings is 1. The first-order chi connectivity index (χ1) is 21.3. The summed E-state index contributed by atoms with van der Waals surface area (Å²) in [6.45, 7) is 6.47. The fourth-order valence-corrected chi connectivity index (χ4v) is 7.93. The Bertz CT molecular complexity index is 1670. The van der Waals surface area contributed by atoms with Gasteiger partial charge in [0, 0.05) is 72.6 Å². The van der Waals surface area contributed by atoms with Crippen molar-refractivity contribution in [1.82, 2.24) is 30.0 Å². The predicted molar refractivity (Wildman–Crippen MR) is 175 cm³/mol. The summed E-state index contributed by atoms with van der Waals surface area (Å²) in [5.41, 5.74) is 3.96. The van der Waals surface area contributed by atoms with E-state index in [9.17, 15) is 14.4 Å². The Labute approximate surface area is 269 Å². The number of nitrogens with one attached hydrogen (secondary N) is 2. The van der Waals surface area contributed by atoms with Gasteiger partial charge in [0.05, 0.1) is 17.5 Å². The summed E-state index contributed by atoms with van der Waals surface area (Å²) in [7, 11) is 0. The lowest BCUT2D eigenvalue weighted by Gasteiger charge is -2.42. The number of halogens is 1. The van der Waals surface area contributed by atoms with E-state index in [-0.39, 0.29) is 24.3 Å². The van der Waals surface area contributed by atoms with Crippen molar-refractivity contribution in [2.24, 2.45) is 0 Å². The largest absolute Gasteiger partial charge is 0.361 e. The van der Waals surface area contributed by atoms with Gasteiger partial charge in [-0.2, -0.15) is 0 Å². The maximum absolute atomic E-state index is 15.0. The zero-order valence-corrected chi connectivity index (χ0v) is 27.2. The van der Waals surface area contributed by atoms with Crippen LogP contribution in [0.5, 0.6) is 0 Å². The Balaban J connectivity index is 1.45. The zero-order chi connectivity index (χ0) is 30.8. The number of carbonyl (C=O) groups excluding carboxylic acids is 3. The second-order valence-corrected chi connectivity index (χ2v) is 13.6. The number of H-pyrrole nitrogens is 1. The molecule has 2 saturated heterocycles. The number of aromatic amines is 1. The molecule has 2 aromatic heterocycles. The lowest BCUT2D eigenvalue weighted by molar-refractivity contribution is -0.136. The minimum atomic E-state index is -1.19. The summed E-state index contributed by atoms with van der Waals surface area (Å²) in [5, 5.41) is 4.52. The molecule has 4 amide bonds. The van der Waals surface area contributed by atoms with Crippen LogP contribution in [-0.4, -0.2) is 80.0 Å². The van der Waals surface area contributed by atoms with Crippen molar-refractivity contribution in [3.8, 4) is 0 Å². The van der Waals surface area contributed by atoms with Crippen LogP contribution in [0.25, 0.3) is 10.9 Å². The molecule has 2 atom stereocenters. The second kappa shape index (κ2) is 12.6. The van der Waals surface area contributed by atoms with Crippen molar-refractivity contribution < 1.29 is 14.4 Å². The molecule has 2 aromatic carbocycles. The summed E-state index contributed by atoms with van der Waals surface area (Å²) in [6, 6.07) is 19.1. The summed E-state index contributed by atoms with van der Waals surface area (Å²) in [4.78, 5) is 55.1. The standard InChI is InChI=1S/C33H35BrN6O3S/c1-3-35-32(43)39-16-14-38(15-17-39)31(42)33(44-28-6-4-5-13-36-28)19-29(41)40(21-23-8-10-24(34)11-9-23)30(33)26-20-37-27-18-22(2)7-12-25(26)27/h4-13,18,20,30,37H,3,14-17,19,21H2,1-2H3,(H,35,43)/t30-,33?/m0/s1. The Morgan fingerprint density at radius 2 is 1.82 bits per heavy atom. The molecule has 6 rings (SSSR count). The summed E-state index contributed by atoms with van der Waals surface area (Å²) in [6.07, 6.45) is 3.70. The van der Waals surface area contributed by atoms with Crippen molar-refractivity contribution in [2.75, 3.05) is 32.7 Å². The highest BCUT2D eigenvalue weighted by atomic mass is 79.9. The molecule has 4 aromatic rings. The third-order valence-corrected chi connectivity index (χ3v) is 10.3. The fourth-order valence-electron chi connectivity index (χ4n) is 6.26. The van der Waals surface area contributed by atoms with E-state index in [1.807, 2.05) is 72.3 Å². The monoisotopic (exact) mass is 674 g/mol. The van der Waals surface area contributed by atoms with Crippen LogP contribution in [0, 0.1) is 6.92 Å². The Morgan fingerprint density at radius 1 is 1.07 bits per heavy atom. The number of benzene rings is 2. The number of likely N-dealkylation sites (tertiary alicyclic amines) is 1. The van der Waals surface area contributed by atoms with E-state index in [1.54, 1.807) is 11.1 Å². The molecule has 2 N–H and O–H groups in total. The van der Waals surface area contributed by atoms with E-state index in [4.69, 9.17) is 0 Å². The van der Waals surface area contributed by atoms with Gasteiger partial charge in [0.1, 0.15) is 4.75 Å². The van der Waals surface area contributed by atoms with Crippen LogP contribution in [0.4, 0.5) is 4.79 Å². The lowest BCUT2D eigenvalue weighted by Crippen LogP contribution is -2.58. The highest BCUT2D eigenvalue weighted by molar-refractivity contribution is 9.10. The quantitative estimate of drug-likeness (QED) is 0.269. The van der Waals surface area contributed by atoms with Crippen molar-refractivity contribution in [1.29, 1.82) is 0 Å². The Hall–Kier alpha value is -3.83. The van der Waals surface area contributed by atoms with Gasteiger partial charge in [-0.25, -0.2) is 9.78 Å². The van der Waals surface area contributed by atoms with Crippen LogP contribution in [0.3, 0.4) is 0 Å². The van der Waals surface area contributed by atoms with Gasteiger partial charge < -0.3 is 25.0 Å². The van der Waals surface area contributed by atoms with E-state index in [0.29, 0.717) is 44.3 Å². The van der Waals surface area contributed by atoms with Crippen molar-refractivity contribution in [3.63, 3.8) is 0 Å². The molecule has 228 valence electrons. The fraction of sp³-hybridized carbons (Fsp3) is 0.333. The van der Waals surface area contributed by atoms with Crippen molar-refractivity contribution in [3.05, 3.63) is 94.2 Å². The highest BCUT2D eigenvalue weighted by Crippen LogP contribution is 2.54. The average molecular weight is 676 g/mol. The molecule has 2 aliphatic rings. The SMILES string of the molecule is CCNC(=O)N1CCN(C(=O)C2(Sc3ccccn3)CC(=O)N(Cc3ccc(Br)cc3)[C@H]2c2c[nH]c3cc(C)ccc23)CC1. The number of thioether (sulfide) groups is 1. The van der Waals surface area contributed by atoms with Gasteiger partial charge in [-0.05, 0) is 55.3 Å². The van der Waals surface area contributed by atoms with Crippen LogP contribution >= 0.6 is 27.7 Å². The molecule has 0 aliphatic carbocycles. The molecule has 2 aliphatic heterocycles. The average Bonchev–Trinajstić information content (AvgIpc) is 3.55. The number of carbonyl (C=O) groups is 3. The van der Waals surface area contributed by atoms with E-state index in [1.165, 1.54) is 11.8 Å². The van der Waals surface area contributed by atoms with Crippen molar-refractivity contribution in [2.45, 2.75) is 42.6 Å². The van der Waals surface area contributed by atoms with E-state index in [0.717, 1.165) is 32.1 Å². The molecule has 0 radical (unpaired) electrons. The van der Waals surface area contributed by atoms with Gasteiger partial charge in [-0.1, -0.05) is 58.0 Å². The second-order valence-electron chi connectivity index (χ2n) is 11.3. The number of nitrogens with zero attached hydrogens (tertiary/aromatic N) is 4. The summed E-state index contributed by atoms with van der Waals surface area (Å²) < 4.78 is -0.228. The first-order valence-corrected chi connectivity index (χ1v) is 16.4. The minimum Gasteiger partial charge on any atom is -0.361 e. The first kappa shape index (κ1) is 30.2. The number of urea groups is 1. The highest BCUT2D eigenvalue weighted by Gasteiger charge is 2.60. The predicted octanol–water partition coefficient (Wildman–Crippen LogP) is 5.51. The normalized spacial score (nSPS) is 20.4. The van der Waals surface area contributed by atoms with Crippen LogP contribution in [0.15, 0.2) is 82.6 Å². The summed E-state index contributed by atoms with van der Waals surface area (Å²) >= 11 is 4.89. The van der Waals surface area contributed by atoms with Gasteiger partial charge in [0.15, 0.2) is 0 Å². The molecular formula is C33H35BrN6O3S. The smallest absolute Gasteiger partial charge is 0.317 e. The van der Waals surface area contributed by atoms with Gasteiger partial charge >= 0.3 is 6.03 Å². The van der Waals surface area contributed by atoms with E-state index in [2.05, 4.69) is 49.4 Å². The molecule has 11 heteroatoms. The Kier molecular flexibility index (Phi) is 8.68. The third-order valence-electron chi connectivity index (χ3n) is 8.39. The third kappa shape index (κ3) is 5.82. The van der Waals surface area contributed by atoms with Gasteiger partial charge in [-0.15, -0.1) is 0 Å². The van der Waals surface area contributed by atoms with Gasteiger partial charge in [0.25, 0.3) is 0 Å². The Morgan fingerprint density at radius 3 is 2.52 bits per heavy atom. The maximum Gasteiger partial charge on any atom is 0.317 e. The van der Waals surface area contributed by atoms with Crippen LogP contribution < -0.4 is 5.32 Å². The lowest BCUT2D eigenvalue weighted by atomic mass is 9.90. The minimum absolute atomic E-state index is 0.0311. The topological polar surface area (TPSA) is 102 Å². The maximum atomic E-state index is 15.0. The molecule has 0 bridgehead atoms. The van der Waals surface area contributed by atoms with Gasteiger partial charge in [0.2, 0.25) is 11.8 Å². The summed E-state index contributed by atoms with van der Waals surface area (Å²) in [5.74, 6) is -0.195. The number of rotatable bonds is 7. The number of aryl methyl sites for hydroxylation is 1. The molecule has 0 spiro atoms. The van der Waals surface area contributed by atoms with Crippen LogP contribution in [-0.2, 0) is 16.1 Å². The molecule has 1 unspecified atom stereocenters. The van der Waals surface area contributed by atoms with E-state index >= 15 is 0 Å². The zero-order valence-electron chi connectivity index (χ0n) is 24.8. The number of amides is 4. The van der Waals surface area contributed by atoms with Gasteiger partial charge in [-0.3, -0.25) is 9.59 Å². The number of hydrogen-bond acceptors (Lipinski definition) is 5.